The Kier molecular flexibility index (Phi) is 4.00. The average Bonchev–Trinajstić information content (AvgIpc) is 2.74. The lowest BCUT2D eigenvalue weighted by molar-refractivity contribution is -0.0388. The molecule has 0 atom stereocenters. The van der Waals surface area contributed by atoms with Crippen LogP contribution in [0.5, 0.6) is 0 Å². The number of amidine groups is 1. The van der Waals surface area contributed by atoms with Crippen molar-refractivity contribution in [1.82, 2.24) is 4.90 Å². The quantitative estimate of drug-likeness (QED) is 0.619. The third-order valence-electron chi connectivity index (χ3n) is 5.40. The Labute approximate surface area is 163 Å². The largest absolute Gasteiger partial charge is 0.356 e. The van der Waals surface area contributed by atoms with Crippen molar-refractivity contribution < 1.29 is 4.74 Å². The van der Waals surface area contributed by atoms with E-state index >= 15 is 0 Å². The normalized spacial score (nSPS) is 17.7. The molecule has 2 heterocycles. The number of rotatable bonds is 2. The van der Waals surface area contributed by atoms with Crippen LogP contribution in [0.25, 0.3) is 0 Å². The molecule has 0 aromatic heterocycles. The van der Waals surface area contributed by atoms with Crippen molar-refractivity contribution in [3.05, 3.63) is 101 Å². The van der Waals surface area contributed by atoms with Crippen molar-refractivity contribution in [1.29, 1.82) is 0 Å². The maximum absolute atomic E-state index is 6.55. The third-order valence-corrected chi connectivity index (χ3v) is 5.75. The van der Waals surface area contributed by atoms with Crippen molar-refractivity contribution in [2.24, 2.45) is 4.99 Å². The molecule has 27 heavy (non-hydrogen) atoms. The Balaban J connectivity index is 1.60. The Morgan fingerprint density at radius 2 is 1.52 bits per heavy atom. The van der Waals surface area contributed by atoms with Crippen molar-refractivity contribution in [3.8, 4) is 0 Å². The first-order valence-corrected chi connectivity index (χ1v) is 9.49. The van der Waals surface area contributed by atoms with Gasteiger partial charge in [0.25, 0.3) is 0 Å². The summed E-state index contributed by atoms with van der Waals surface area (Å²) < 4.78 is 6.55. The van der Waals surface area contributed by atoms with Gasteiger partial charge in [0.1, 0.15) is 18.0 Å². The van der Waals surface area contributed by atoms with Crippen LogP contribution in [-0.4, -0.2) is 23.9 Å². The predicted molar refractivity (Wildman–Crippen MR) is 109 cm³/mol. The molecule has 0 saturated carbocycles. The fraction of sp³-hybridized carbons (Fsp3) is 0.174. The minimum Gasteiger partial charge on any atom is -0.356 e. The van der Waals surface area contributed by atoms with E-state index in [4.69, 9.17) is 21.3 Å². The van der Waals surface area contributed by atoms with E-state index in [-0.39, 0.29) is 0 Å². The van der Waals surface area contributed by atoms with Crippen LogP contribution in [0.2, 0.25) is 5.02 Å². The summed E-state index contributed by atoms with van der Waals surface area (Å²) in [5.74, 6) is 0.965. The Hall–Kier alpha value is -2.62. The number of morpholine rings is 1. The second-order valence-electron chi connectivity index (χ2n) is 6.97. The zero-order valence-electron chi connectivity index (χ0n) is 14.8. The molecule has 0 aliphatic carbocycles. The summed E-state index contributed by atoms with van der Waals surface area (Å²) in [6.07, 6.45) is 0. The molecule has 0 N–H and O–H groups in total. The van der Waals surface area contributed by atoms with Gasteiger partial charge in [-0.25, -0.2) is 4.99 Å². The summed E-state index contributed by atoms with van der Waals surface area (Å²) >= 11 is 6.45. The van der Waals surface area contributed by atoms with Crippen LogP contribution in [0, 0.1) is 0 Å². The van der Waals surface area contributed by atoms with Gasteiger partial charge < -0.3 is 9.64 Å². The molecule has 2 aliphatic heterocycles. The van der Waals surface area contributed by atoms with E-state index in [0.29, 0.717) is 13.2 Å². The first-order valence-electron chi connectivity index (χ1n) is 9.11. The monoisotopic (exact) mass is 374 g/mol. The molecule has 0 amide bonds. The number of nitrogens with zero attached hydrogens (tertiary/aromatic N) is 2. The lowest BCUT2D eigenvalue weighted by atomic mass is 9.84. The molecule has 2 aliphatic rings. The van der Waals surface area contributed by atoms with Gasteiger partial charge in [0.05, 0.1) is 12.2 Å². The summed E-state index contributed by atoms with van der Waals surface area (Å²) in [6.45, 7) is 1.92. The number of aliphatic imine (C=N–C) groups is 1. The smallest absolute Gasteiger partial charge is 0.136 e. The van der Waals surface area contributed by atoms with Gasteiger partial charge in [-0.05, 0) is 23.3 Å². The summed E-state index contributed by atoms with van der Waals surface area (Å²) in [5, 5.41) is 0.770. The SMILES string of the molecule is Clc1cccc2c1CN1CC(c3ccccc3)(c3ccccc3)OCC1=N2. The molecule has 5 rings (SSSR count). The lowest BCUT2D eigenvalue weighted by Gasteiger charge is -2.46. The minimum absolute atomic E-state index is 0.468. The summed E-state index contributed by atoms with van der Waals surface area (Å²) in [5.41, 5.74) is 3.81. The number of halogens is 1. The standard InChI is InChI=1S/C23H19ClN2O/c24-20-12-7-13-21-19(20)14-26-16-23(27-15-22(26)25-21,17-8-3-1-4-9-17)18-10-5-2-6-11-18/h1-13H,14-16H2. The van der Waals surface area contributed by atoms with Gasteiger partial charge in [-0.15, -0.1) is 0 Å². The Morgan fingerprint density at radius 1 is 0.852 bits per heavy atom. The van der Waals surface area contributed by atoms with Crippen LogP contribution in [0.15, 0.2) is 83.9 Å². The van der Waals surface area contributed by atoms with Gasteiger partial charge in [-0.3, -0.25) is 0 Å². The van der Waals surface area contributed by atoms with Gasteiger partial charge in [0.15, 0.2) is 0 Å². The zero-order chi connectivity index (χ0) is 18.3. The van der Waals surface area contributed by atoms with E-state index < -0.39 is 5.60 Å². The molecule has 0 unspecified atom stereocenters. The van der Waals surface area contributed by atoms with E-state index in [1.54, 1.807) is 0 Å². The van der Waals surface area contributed by atoms with E-state index in [0.717, 1.165) is 39.8 Å². The van der Waals surface area contributed by atoms with E-state index in [1.807, 2.05) is 30.3 Å². The summed E-state index contributed by atoms with van der Waals surface area (Å²) in [7, 11) is 0. The fourth-order valence-electron chi connectivity index (χ4n) is 4.00. The molecule has 3 aromatic carbocycles. The molecule has 0 spiro atoms. The van der Waals surface area contributed by atoms with E-state index in [1.165, 1.54) is 0 Å². The number of fused-ring (bicyclic) bond motifs is 2. The molecule has 4 heteroatoms. The molecular formula is C23H19ClN2O. The maximum atomic E-state index is 6.55. The first kappa shape index (κ1) is 16.5. The van der Waals surface area contributed by atoms with Crippen LogP contribution in [0.3, 0.4) is 0 Å². The molecule has 1 fully saturated rings. The predicted octanol–water partition coefficient (Wildman–Crippen LogP) is 5.16. The molecule has 3 nitrogen and oxygen atoms in total. The lowest BCUT2D eigenvalue weighted by Crippen LogP contribution is -2.53. The highest BCUT2D eigenvalue weighted by Crippen LogP contribution is 2.41. The molecular weight excluding hydrogens is 356 g/mol. The average molecular weight is 375 g/mol. The molecule has 1 saturated heterocycles. The minimum atomic E-state index is -0.527. The van der Waals surface area contributed by atoms with Gasteiger partial charge in [-0.2, -0.15) is 0 Å². The van der Waals surface area contributed by atoms with Crippen molar-refractivity contribution >= 4 is 23.1 Å². The van der Waals surface area contributed by atoms with Gasteiger partial charge >= 0.3 is 0 Å². The maximum Gasteiger partial charge on any atom is 0.136 e. The van der Waals surface area contributed by atoms with E-state index in [2.05, 4.69) is 53.4 Å². The van der Waals surface area contributed by atoms with Crippen LogP contribution in [-0.2, 0) is 16.9 Å². The summed E-state index contributed by atoms with van der Waals surface area (Å²) in [4.78, 5) is 7.12. The van der Waals surface area contributed by atoms with Crippen molar-refractivity contribution in [2.45, 2.75) is 12.1 Å². The highest BCUT2D eigenvalue weighted by molar-refractivity contribution is 6.31. The van der Waals surface area contributed by atoms with Gasteiger partial charge in [0, 0.05) is 17.1 Å². The van der Waals surface area contributed by atoms with E-state index in [9.17, 15) is 0 Å². The third kappa shape index (κ3) is 2.75. The molecule has 0 radical (unpaired) electrons. The topological polar surface area (TPSA) is 24.8 Å². The molecule has 0 bridgehead atoms. The molecule has 3 aromatic rings. The Bertz CT molecular complexity index is 962. The highest BCUT2D eigenvalue weighted by Gasteiger charge is 2.43. The number of benzene rings is 3. The van der Waals surface area contributed by atoms with Gasteiger partial charge in [0.2, 0.25) is 0 Å². The fourth-order valence-corrected chi connectivity index (χ4v) is 4.23. The highest BCUT2D eigenvalue weighted by atomic mass is 35.5. The van der Waals surface area contributed by atoms with Crippen molar-refractivity contribution in [2.75, 3.05) is 13.2 Å². The van der Waals surface area contributed by atoms with Gasteiger partial charge in [-0.1, -0.05) is 78.3 Å². The van der Waals surface area contributed by atoms with Crippen LogP contribution >= 0.6 is 11.6 Å². The number of ether oxygens (including phenoxy) is 1. The van der Waals surface area contributed by atoms with Crippen LogP contribution in [0.1, 0.15) is 16.7 Å². The second kappa shape index (κ2) is 6.52. The number of hydrogen-bond donors (Lipinski definition) is 0. The zero-order valence-corrected chi connectivity index (χ0v) is 15.6. The second-order valence-corrected chi connectivity index (χ2v) is 7.38. The first-order chi connectivity index (χ1) is 13.3. The Morgan fingerprint density at radius 3 is 2.19 bits per heavy atom. The van der Waals surface area contributed by atoms with Crippen LogP contribution in [0.4, 0.5) is 5.69 Å². The van der Waals surface area contributed by atoms with Crippen LogP contribution < -0.4 is 0 Å². The summed E-state index contributed by atoms with van der Waals surface area (Å²) in [6, 6.07) is 26.8. The molecule has 134 valence electrons. The van der Waals surface area contributed by atoms with Crippen molar-refractivity contribution in [3.63, 3.8) is 0 Å². The number of hydrogen-bond acceptors (Lipinski definition) is 3.